The molecule has 3 nitrogen and oxygen atoms in total. The van der Waals surface area contributed by atoms with Crippen LogP contribution in [-0.4, -0.2) is 30.8 Å². The van der Waals surface area contributed by atoms with Crippen LogP contribution in [0.25, 0.3) is 11.6 Å². The van der Waals surface area contributed by atoms with Crippen molar-refractivity contribution in [2.45, 2.75) is 63.3 Å². The first-order valence-electron chi connectivity index (χ1n) is 10.8. The van der Waals surface area contributed by atoms with Crippen molar-refractivity contribution in [2.24, 2.45) is 11.7 Å². The molecule has 2 aliphatic rings. The Morgan fingerprint density at radius 2 is 2.14 bits per heavy atom. The molecule has 1 saturated carbocycles. The van der Waals surface area contributed by atoms with Crippen molar-refractivity contribution in [3.63, 3.8) is 0 Å². The molecule has 1 aliphatic heterocycles. The van der Waals surface area contributed by atoms with Gasteiger partial charge in [-0.25, -0.2) is 0 Å². The van der Waals surface area contributed by atoms with Gasteiger partial charge in [-0.2, -0.15) is 0 Å². The van der Waals surface area contributed by atoms with Crippen molar-refractivity contribution in [2.75, 3.05) is 19.3 Å². The molecule has 3 unspecified atom stereocenters. The molecular weight excluding hydrogens is 362 g/mol. The van der Waals surface area contributed by atoms with E-state index in [1.165, 1.54) is 54.5 Å². The number of rotatable bonds is 7. The van der Waals surface area contributed by atoms with Crippen molar-refractivity contribution >= 4 is 23.4 Å². The summed E-state index contributed by atoms with van der Waals surface area (Å²) in [5.41, 5.74) is 12.3. The second-order valence-electron chi connectivity index (χ2n) is 8.42. The van der Waals surface area contributed by atoms with Crippen LogP contribution < -0.4 is 16.4 Å². The van der Waals surface area contributed by atoms with Crippen molar-refractivity contribution in [1.29, 1.82) is 0 Å². The number of fused-ring (bicyclic) bond motifs is 1. The summed E-state index contributed by atoms with van der Waals surface area (Å²) in [5, 5.41) is 7.92. The molecule has 4 N–H and O–H groups in total. The van der Waals surface area contributed by atoms with E-state index < -0.39 is 0 Å². The number of benzene rings is 1. The zero-order valence-electron chi connectivity index (χ0n) is 17.6. The normalized spacial score (nSPS) is 25.1. The minimum Gasteiger partial charge on any atom is -0.376 e. The van der Waals surface area contributed by atoms with Crippen LogP contribution in [0.1, 0.15) is 62.1 Å². The average molecular weight is 400 g/mol. The minimum atomic E-state index is 0.442. The van der Waals surface area contributed by atoms with Crippen LogP contribution in [0.3, 0.4) is 0 Å². The molecular formula is C24H37N3S. The van der Waals surface area contributed by atoms with Gasteiger partial charge in [0.05, 0.1) is 5.37 Å². The fourth-order valence-corrected chi connectivity index (χ4v) is 5.27. The first-order valence-corrected chi connectivity index (χ1v) is 12.1. The quantitative estimate of drug-likeness (QED) is 0.577. The lowest BCUT2D eigenvalue weighted by molar-refractivity contribution is 0.427. The Kier molecular flexibility index (Phi) is 8.07. The molecule has 0 saturated heterocycles. The molecule has 0 amide bonds. The van der Waals surface area contributed by atoms with Gasteiger partial charge in [0.1, 0.15) is 0 Å². The monoisotopic (exact) mass is 399 g/mol. The number of thioether (sulfide) groups is 1. The summed E-state index contributed by atoms with van der Waals surface area (Å²) in [4.78, 5) is 0. The van der Waals surface area contributed by atoms with E-state index in [4.69, 9.17) is 5.73 Å². The summed E-state index contributed by atoms with van der Waals surface area (Å²) < 4.78 is 0. The zero-order valence-corrected chi connectivity index (χ0v) is 18.4. The SMILES string of the molecule is C=C(C)c1cccc2c1C=C(CC1CCCC(NCCN)CC1)NC(SC)C2. The molecule has 1 aliphatic carbocycles. The van der Waals surface area contributed by atoms with Gasteiger partial charge in [0.25, 0.3) is 0 Å². The molecule has 1 fully saturated rings. The fourth-order valence-electron chi connectivity index (χ4n) is 4.65. The maximum Gasteiger partial charge on any atom is 0.0757 e. The van der Waals surface area contributed by atoms with Gasteiger partial charge in [-0.1, -0.05) is 43.2 Å². The number of hydrogen-bond donors (Lipinski definition) is 3. The largest absolute Gasteiger partial charge is 0.376 e. The highest BCUT2D eigenvalue weighted by atomic mass is 32.2. The smallest absolute Gasteiger partial charge is 0.0757 e. The molecule has 0 spiro atoms. The zero-order chi connectivity index (χ0) is 19.9. The van der Waals surface area contributed by atoms with Crippen molar-refractivity contribution in [3.05, 3.63) is 47.2 Å². The van der Waals surface area contributed by atoms with E-state index in [-0.39, 0.29) is 0 Å². The first-order chi connectivity index (χ1) is 13.6. The maximum atomic E-state index is 5.66. The Morgan fingerprint density at radius 1 is 1.29 bits per heavy atom. The molecule has 4 heteroatoms. The number of hydrogen-bond acceptors (Lipinski definition) is 4. The van der Waals surface area contributed by atoms with Gasteiger partial charge in [0.2, 0.25) is 0 Å². The Hall–Kier alpha value is -1.23. The van der Waals surface area contributed by atoms with Crippen LogP contribution in [0.4, 0.5) is 0 Å². The van der Waals surface area contributed by atoms with Crippen LogP contribution in [0.5, 0.6) is 0 Å². The standard InChI is InChI=1S/C24H37N3S/c1-17(2)22-9-5-7-19-15-24(28-3)27-21(16-23(19)22)14-18-6-4-8-20(11-10-18)26-13-12-25/h5,7,9,16,18,20,24,26-27H,1,4,6,8,10-15,25H2,2-3H3. The molecule has 154 valence electrons. The highest BCUT2D eigenvalue weighted by molar-refractivity contribution is 7.99. The van der Waals surface area contributed by atoms with E-state index in [1.807, 2.05) is 11.8 Å². The van der Waals surface area contributed by atoms with Gasteiger partial charge in [-0.3, -0.25) is 0 Å². The molecule has 3 rings (SSSR count). The fraction of sp³-hybridized carbons (Fsp3) is 0.583. The number of nitrogens with one attached hydrogen (secondary N) is 2. The lowest BCUT2D eigenvalue weighted by atomic mass is 9.92. The second-order valence-corrected chi connectivity index (χ2v) is 9.46. The third-order valence-electron chi connectivity index (χ3n) is 6.19. The summed E-state index contributed by atoms with van der Waals surface area (Å²) in [5.74, 6) is 0.768. The molecule has 1 aromatic carbocycles. The molecule has 1 aromatic rings. The van der Waals surface area contributed by atoms with Crippen molar-refractivity contribution in [1.82, 2.24) is 10.6 Å². The third kappa shape index (κ3) is 5.65. The van der Waals surface area contributed by atoms with Crippen LogP contribution in [0.15, 0.2) is 30.5 Å². The maximum absolute atomic E-state index is 5.66. The molecule has 1 heterocycles. The lowest BCUT2D eigenvalue weighted by Crippen LogP contribution is -2.32. The van der Waals surface area contributed by atoms with E-state index in [1.54, 1.807) is 0 Å². The van der Waals surface area contributed by atoms with E-state index in [0.29, 0.717) is 11.4 Å². The van der Waals surface area contributed by atoms with Gasteiger partial charge < -0.3 is 16.4 Å². The summed E-state index contributed by atoms with van der Waals surface area (Å²) in [6, 6.07) is 7.33. The van der Waals surface area contributed by atoms with E-state index in [2.05, 4.69) is 54.7 Å². The number of nitrogens with two attached hydrogens (primary N) is 1. The Morgan fingerprint density at radius 3 is 2.89 bits per heavy atom. The molecule has 0 radical (unpaired) electrons. The van der Waals surface area contributed by atoms with E-state index in [9.17, 15) is 0 Å². The van der Waals surface area contributed by atoms with Crippen LogP contribution >= 0.6 is 11.8 Å². The van der Waals surface area contributed by atoms with Gasteiger partial charge in [0.15, 0.2) is 0 Å². The second kappa shape index (κ2) is 10.5. The molecule has 0 bridgehead atoms. The number of allylic oxidation sites excluding steroid dienone is 2. The summed E-state index contributed by atoms with van der Waals surface area (Å²) >= 11 is 1.92. The minimum absolute atomic E-state index is 0.442. The average Bonchev–Trinajstić information content (AvgIpc) is 3.01. The van der Waals surface area contributed by atoms with Gasteiger partial charge >= 0.3 is 0 Å². The summed E-state index contributed by atoms with van der Waals surface area (Å²) in [7, 11) is 0. The van der Waals surface area contributed by atoms with Crippen LogP contribution in [0, 0.1) is 5.92 Å². The Bertz CT molecular complexity index is 697. The highest BCUT2D eigenvalue weighted by Crippen LogP contribution is 2.33. The Labute approximate surface area is 175 Å². The summed E-state index contributed by atoms with van der Waals surface area (Å²) in [6.45, 7) is 8.01. The predicted molar refractivity (Wildman–Crippen MR) is 125 cm³/mol. The van der Waals surface area contributed by atoms with E-state index in [0.717, 1.165) is 37.4 Å². The highest BCUT2D eigenvalue weighted by Gasteiger charge is 2.23. The van der Waals surface area contributed by atoms with Gasteiger partial charge in [-0.15, -0.1) is 11.8 Å². The third-order valence-corrected chi connectivity index (χ3v) is 7.04. The Balaban J connectivity index is 1.76. The van der Waals surface area contributed by atoms with E-state index >= 15 is 0 Å². The molecule has 28 heavy (non-hydrogen) atoms. The predicted octanol–water partition coefficient (Wildman–Crippen LogP) is 4.78. The summed E-state index contributed by atoms with van der Waals surface area (Å²) in [6.07, 6.45) is 13.4. The first kappa shape index (κ1) is 21.5. The molecule has 0 aromatic heterocycles. The topological polar surface area (TPSA) is 50.1 Å². The molecule has 3 atom stereocenters. The van der Waals surface area contributed by atoms with Crippen molar-refractivity contribution < 1.29 is 0 Å². The van der Waals surface area contributed by atoms with Gasteiger partial charge in [-0.05, 0) is 67.5 Å². The lowest BCUT2D eigenvalue weighted by Gasteiger charge is -2.21. The van der Waals surface area contributed by atoms with Crippen LogP contribution in [0.2, 0.25) is 0 Å². The van der Waals surface area contributed by atoms with Crippen LogP contribution in [-0.2, 0) is 6.42 Å². The van der Waals surface area contributed by atoms with Crippen molar-refractivity contribution in [3.8, 4) is 0 Å². The van der Waals surface area contributed by atoms with Gasteiger partial charge in [0, 0.05) is 31.2 Å².